The van der Waals surface area contributed by atoms with E-state index in [1.807, 2.05) is 12.1 Å². The largest absolute Gasteiger partial charge is 0.398 e. The summed E-state index contributed by atoms with van der Waals surface area (Å²) in [4.78, 5) is 3.38. The van der Waals surface area contributed by atoms with Gasteiger partial charge < -0.3 is 15.8 Å². The summed E-state index contributed by atoms with van der Waals surface area (Å²) < 4.78 is 0. The van der Waals surface area contributed by atoms with Crippen LogP contribution in [-0.4, -0.2) is 16.7 Å². The monoisotopic (exact) mass is 218 g/mol. The Morgan fingerprint density at radius 1 is 1.31 bits per heavy atom. The zero-order valence-corrected chi connectivity index (χ0v) is 9.80. The number of anilines is 1. The van der Waals surface area contributed by atoms with E-state index in [9.17, 15) is 0 Å². The molecule has 1 heterocycles. The van der Waals surface area contributed by atoms with Crippen molar-refractivity contribution in [1.29, 1.82) is 0 Å². The molecule has 3 heteroatoms. The number of aromatic amines is 1. The van der Waals surface area contributed by atoms with E-state index in [0.29, 0.717) is 0 Å². The Balaban J connectivity index is 2.63. The van der Waals surface area contributed by atoms with Crippen LogP contribution >= 0.6 is 0 Å². The lowest BCUT2D eigenvalue weighted by Crippen LogP contribution is -1.93. The van der Waals surface area contributed by atoms with Gasteiger partial charge in [0.1, 0.15) is 0 Å². The van der Waals surface area contributed by atoms with Crippen LogP contribution in [0.2, 0.25) is 0 Å². The van der Waals surface area contributed by atoms with E-state index in [2.05, 4.69) is 18.8 Å². The molecule has 0 atom stereocenters. The number of aliphatic hydroxyl groups excluding tert-OH is 1. The van der Waals surface area contributed by atoms with E-state index >= 15 is 0 Å². The van der Waals surface area contributed by atoms with Crippen LogP contribution < -0.4 is 5.73 Å². The molecule has 4 N–H and O–H groups in total. The van der Waals surface area contributed by atoms with Gasteiger partial charge in [-0.1, -0.05) is 6.07 Å². The number of hydrogen-bond acceptors (Lipinski definition) is 2. The van der Waals surface area contributed by atoms with Gasteiger partial charge in [0.05, 0.1) is 5.52 Å². The minimum atomic E-state index is 0.220. The third kappa shape index (κ3) is 1.67. The Kier molecular flexibility index (Phi) is 2.88. The number of nitrogens with one attached hydrogen (secondary N) is 1. The lowest BCUT2D eigenvalue weighted by Gasteiger charge is -2.03. The first-order chi connectivity index (χ1) is 7.65. The molecule has 0 spiro atoms. The highest BCUT2D eigenvalue weighted by Gasteiger charge is 2.12. The number of aromatic nitrogens is 1. The maximum Gasteiger partial charge on any atom is 0.0509 e. The van der Waals surface area contributed by atoms with Gasteiger partial charge in [-0.2, -0.15) is 0 Å². The summed E-state index contributed by atoms with van der Waals surface area (Å²) in [6, 6.07) is 3.98. The van der Waals surface area contributed by atoms with Crippen LogP contribution in [0.1, 0.15) is 23.2 Å². The molecule has 0 aliphatic carbocycles. The van der Waals surface area contributed by atoms with Crippen molar-refractivity contribution in [2.24, 2.45) is 0 Å². The topological polar surface area (TPSA) is 62.0 Å². The zero-order chi connectivity index (χ0) is 11.7. The molecule has 1 aromatic heterocycles. The van der Waals surface area contributed by atoms with Gasteiger partial charge in [0.2, 0.25) is 0 Å². The van der Waals surface area contributed by atoms with Crippen molar-refractivity contribution in [2.45, 2.75) is 26.7 Å². The minimum Gasteiger partial charge on any atom is -0.398 e. The maximum atomic E-state index is 8.91. The second-order valence-electron chi connectivity index (χ2n) is 4.28. The van der Waals surface area contributed by atoms with Crippen LogP contribution in [0.5, 0.6) is 0 Å². The van der Waals surface area contributed by atoms with Crippen molar-refractivity contribution >= 4 is 16.6 Å². The normalized spacial score (nSPS) is 11.2. The minimum absolute atomic E-state index is 0.220. The van der Waals surface area contributed by atoms with Crippen molar-refractivity contribution < 1.29 is 5.11 Å². The summed E-state index contributed by atoms with van der Waals surface area (Å²) in [7, 11) is 0. The quantitative estimate of drug-likeness (QED) is 0.692. The van der Waals surface area contributed by atoms with Crippen LogP contribution in [-0.2, 0) is 6.42 Å². The maximum absolute atomic E-state index is 8.91. The summed E-state index contributed by atoms with van der Waals surface area (Å²) in [5.74, 6) is 0. The summed E-state index contributed by atoms with van der Waals surface area (Å²) in [6.07, 6.45) is 1.65. The Bertz CT molecular complexity index is 514. The van der Waals surface area contributed by atoms with Gasteiger partial charge in [0.15, 0.2) is 0 Å². The van der Waals surface area contributed by atoms with Crippen molar-refractivity contribution in [1.82, 2.24) is 4.98 Å². The van der Waals surface area contributed by atoms with Crippen molar-refractivity contribution in [3.05, 3.63) is 29.0 Å². The highest BCUT2D eigenvalue weighted by atomic mass is 16.2. The lowest BCUT2D eigenvalue weighted by molar-refractivity contribution is 0.288. The van der Waals surface area contributed by atoms with Gasteiger partial charge in [-0.15, -0.1) is 0 Å². The van der Waals surface area contributed by atoms with E-state index < -0.39 is 0 Å². The Morgan fingerprint density at radius 2 is 2.06 bits per heavy atom. The average molecular weight is 218 g/mol. The molecule has 0 aliphatic rings. The highest BCUT2D eigenvalue weighted by molar-refractivity contribution is 5.96. The highest BCUT2D eigenvalue weighted by Crippen LogP contribution is 2.30. The predicted octanol–water partition coefficient (Wildman–Crippen LogP) is 2.29. The first-order valence-electron chi connectivity index (χ1n) is 5.62. The predicted molar refractivity (Wildman–Crippen MR) is 67.6 cm³/mol. The van der Waals surface area contributed by atoms with E-state index in [1.165, 1.54) is 11.1 Å². The lowest BCUT2D eigenvalue weighted by atomic mass is 10.0. The molecular weight excluding hydrogens is 200 g/mol. The van der Waals surface area contributed by atoms with Gasteiger partial charge in [0, 0.05) is 23.4 Å². The van der Waals surface area contributed by atoms with Crippen molar-refractivity contribution in [3.63, 3.8) is 0 Å². The molecule has 2 rings (SSSR count). The van der Waals surface area contributed by atoms with E-state index in [0.717, 1.165) is 35.1 Å². The van der Waals surface area contributed by atoms with Gasteiger partial charge >= 0.3 is 0 Å². The molecule has 0 bridgehead atoms. The second kappa shape index (κ2) is 4.18. The van der Waals surface area contributed by atoms with Crippen molar-refractivity contribution in [2.75, 3.05) is 12.3 Å². The fourth-order valence-corrected chi connectivity index (χ4v) is 2.23. The molecule has 1 aromatic carbocycles. The number of nitrogens with two attached hydrogens (primary N) is 1. The molecule has 0 unspecified atom stereocenters. The number of H-pyrrole nitrogens is 1. The van der Waals surface area contributed by atoms with E-state index in [4.69, 9.17) is 10.8 Å². The molecule has 0 saturated heterocycles. The van der Waals surface area contributed by atoms with E-state index in [-0.39, 0.29) is 6.61 Å². The number of hydrogen-bond donors (Lipinski definition) is 3. The zero-order valence-electron chi connectivity index (χ0n) is 9.80. The molecule has 0 fully saturated rings. The van der Waals surface area contributed by atoms with Gasteiger partial charge in [-0.05, 0) is 43.9 Å². The molecule has 3 nitrogen and oxygen atoms in total. The van der Waals surface area contributed by atoms with Gasteiger partial charge in [-0.25, -0.2) is 0 Å². The number of aliphatic hydroxyl groups is 1. The number of rotatable bonds is 3. The van der Waals surface area contributed by atoms with Crippen LogP contribution in [0.3, 0.4) is 0 Å². The number of aryl methyl sites for hydroxylation is 3. The molecule has 0 radical (unpaired) electrons. The second-order valence-corrected chi connectivity index (χ2v) is 4.28. The Morgan fingerprint density at radius 3 is 2.75 bits per heavy atom. The number of benzene rings is 1. The fourth-order valence-electron chi connectivity index (χ4n) is 2.23. The molecule has 0 saturated carbocycles. The molecule has 0 amide bonds. The van der Waals surface area contributed by atoms with Crippen LogP contribution in [0.15, 0.2) is 12.1 Å². The molecular formula is C13H18N2O. The van der Waals surface area contributed by atoms with Crippen LogP contribution in [0.25, 0.3) is 10.9 Å². The third-order valence-corrected chi connectivity index (χ3v) is 3.10. The number of nitrogen functional groups attached to an aromatic ring is 1. The molecule has 0 aliphatic heterocycles. The van der Waals surface area contributed by atoms with Crippen molar-refractivity contribution in [3.8, 4) is 0 Å². The Hall–Kier alpha value is -1.48. The SMILES string of the molecule is Cc1[nH]c2c(C)ccc(N)c2c1CCCO. The number of fused-ring (bicyclic) bond motifs is 1. The smallest absolute Gasteiger partial charge is 0.0509 e. The molecule has 2 aromatic rings. The Labute approximate surface area is 95.3 Å². The first kappa shape index (κ1) is 11.0. The summed E-state index contributed by atoms with van der Waals surface area (Å²) in [5, 5.41) is 10.0. The van der Waals surface area contributed by atoms with Gasteiger partial charge in [0.25, 0.3) is 0 Å². The average Bonchev–Trinajstić information content (AvgIpc) is 2.59. The molecule has 86 valence electrons. The first-order valence-corrected chi connectivity index (χ1v) is 5.62. The van der Waals surface area contributed by atoms with Crippen LogP contribution in [0.4, 0.5) is 5.69 Å². The van der Waals surface area contributed by atoms with E-state index in [1.54, 1.807) is 0 Å². The van der Waals surface area contributed by atoms with Crippen LogP contribution in [0, 0.1) is 13.8 Å². The third-order valence-electron chi connectivity index (χ3n) is 3.10. The van der Waals surface area contributed by atoms with Gasteiger partial charge in [-0.3, -0.25) is 0 Å². The summed E-state index contributed by atoms with van der Waals surface area (Å²) in [5.41, 5.74) is 11.6. The standard InChI is InChI=1S/C13H18N2O/c1-8-5-6-11(14)12-10(4-3-7-16)9(2)15-13(8)12/h5-6,15-16H,3-4,7,14H2,1-2H3. The summed E-state index contributed by atoms with van der Waals surface area (Å²) >= 11 is 0. The fraction of sp³-hybridized carbons (Fsp3) is 0.385. The summed E-state index contributed by atoms with van der Waals surface area (Å²) in [6.45, 7) is 4.36. The molecule has 16 heavy (non-hydrogen) atoms.